The lowest BCUT2D eigenvalue weighted by Crippen LogP contribution is -2.59. The third kappa shape index (κ3) is 5.60. The van der Waals surface area contributed by atoms with E-state index in [1.165, 1.54) is 11.1 Å². The van der Waals surface area contributed by atoms with Crippen LogP contribution >= 0.6 is 0 Å². The SMILES string of the molecule is Cc1cc(C)c(C(=O)N2CCN(c3ccccc3)[C@H](C(N)=O)C2)c(C)c1CC1CCN(c2cccnn2)CC1. The normalized spacial score (nSPS) is 18.3. The van der Waals surface area contributed by atoms with Gasteiger partial charge in [0.15, 0.2) is 5.82 Å². The molecule has 8 nitrogen and oxygen atoms in total. The van der Waals surface area contributed by atoms with Crippen molar-refractivity contribution in [3.63, 3.8) is 0 Å². The molecule has 0 unspecified atom stereocenters. The van der Waals surface area contributed by atoms with Gasteiger partial charge in [-0.2, -0.15) is 5.10 Å². The summed E-state index contributed by atoms with van der Waals surface area (Å²) in [5.74, 6) is 1.06. The van der Waals surface area contributed by atoms with Crippen LogP contribution in [0.1, 0.15) is 45.5 Å². The van der Waals surface area contributed by atoms with E-state index in [9.17, 15) is 9.59 Å². The average Bonchev–Trinajstić information content (AvgIpc) is 2.96. The Kier molecular flexibility index (Phi) is 7.82. The number of nitrogens with zero attached hydrogens (tertiary/aromatic N) is 5. The zero-order chi connectivity index (χ0) is 27.5. The first-order chi connectivity index (χ1) is 18.8. The Labute approximate surface area is 230 Å². The number of piperazine rings is 1. The minimum absolute atomic E-state index is 0.0114. The number of hydrogen-bond donors (Lipinski definition) is 1. The molecule has 0 spiro atoms. The molecule has 2 amide bonds. The van der Waals surface area contributed by atoms with Crippen LogP contribution in [-0.4, -0.2) is 65.7 Å². The van der Waals surface area contributed by atoms with Crippen LogP contribution in [-0.2, 0) is 11.2 Å². The maximum atomic E-state index is 13.9. The minimum atomic E-state index is -0.560. The van der Waals surface area contributed by atoms with Gasteiger partial charge >= 0.3 is 0 Å². The number of aryl methyl sites for hydroxylation is 2. The topological polar surface area (TPSA) is 95.7 Å². The summed E-state index contributed by atoms with van der Waals surface area (Å²) in [5, 5.41) is 8.29. The van der Waals surface area contributed by atoms with Gasteiger partial charge in [-0.25, -0.2) is 0 Å². The molecule has 2 aliphatic heterocycles. The Morgan fingerprint density at radius 1 is 0.949 bits per heavy atom. The molecule has 5 rings (SSSR count). The molecule has 8 heteroatoms. The molecule has 2 fully saturated rings. The number of benzene rings is 2. The van der Waals surface area contributed by atoms with Gasteiger partial charge in [0.1, 0.15) is 6.04 Å². The molecule has 1 aromatic heterocycles. The van der Waals surface area contributed by atoms with Crippen molar-refractivity contribution in [3.8, 4) is 0 Å². The van der Waals surface area contributed by atoms with Crippen LogP contribution in [0, 0.1) is 26.7 Å². The van der Waals surface area contributed by atoms with Gasteiger partial charge in [-0.15, -0.1) is 5.10 Å². The zero-order valence-electron chi connectivity index (χ0n) is 23.1. The van der Waals surface area contributed by atoms with Gasteiger partial charge in [-0.3, -0.25) is 9.59 Å². The van der Waals surface area contributed by atoms with Gasteiger partial charge < -0.3 is 20.4 Å². The van der Waals surface area contributed by atoms with Gasteiger partial charge in [-0.05, 0) is 92.5 Å². The fraction of sp³-hybridized carbons (Fsp3) is 0.419. The maximum Gasteiger partial charge on any atom is 0.254 e. The van der Waals surface area contributed by atoms with Crippen LogP contribution in [0.2, 0.25) is 0 Å². The van der Waals surface area contributed by atoms with E-state index >= 15 is 0 Å². The zero-order valence-corrected chi connectivity index (χ0v) is 23.1. The van der Waals surface area contributed by atoms with E-state index in [4.69, 9.17) is 5.73 Å². The number of nitrogens with two attached hydrogens (primary N) is 1. The Morgan fingerprint density at radius 3 is 2.36 bits per heavy atom. The summed E-state index contributed by atoms with van der Waals surface area (Å²) in [7, 11) is 0. The number of anilines is 2. The van der Waals surface area contributed by atoms with E-state index in [-0.39, 0.29) is 12.5 Å². The molecule has 39 heavy (non-hydrogen) atoms. The first-order valence-corrected chi connectivity index (χ1v) is 13.9. The van der Waals surface area contributed by atoms with Crippen molar-refractivity contribution >= 4 is 23.3 Å². The number of carbonyl (C=O) groups is 2. The first kappa shape index (κ1) is 26.7. The number of hydrogen-bond acceptors (Lipinski definition) is 6. The van der Waals surface area contributed by atoms with Gasteiger partial charge in [0.2, 0.25) is 5.91 Å². The second-order valence-corrected chi connectivity index (χ2v) is 10.9. The summed E-state index contributed by atoms with van der Waals surface area (Å²) in [4.78, 5) is 32.5. The standard InChI is InChI=1S/C31H38N6O2/c1-21-18-22(2)29(23(3)26(21)19-24-11-14-35(15-12-24)28-10-7-13-33-34-28)31(39)36-16-17-37(27(20-36)30(32)38)25-8-5-4-6-9-25/h4-10,13,18,24,27H,11-12,14-17,19-20H2,1-3H3,(H2,32,38)/t27-/m0/s1. The van der Waals surface area contributed by atoms with E-state index in [1.807, 2.05) is 59.2 Å². The third-order valence-corrected chi connectivity index (χ3v) is 8.42. The molecular formula is C31H38N6O2. The van der Waals surface area contributed by atoms with E-state index in [2.05, 4.69) is 35.0 Å². The lowest BCUT2D eigenvalue weighted by molar-refractivity contribution is -0.119. The predicted octanol–water partition coefficient (Wildman–Crippen LogP) is 3.68. The molecule has 2 aliphatic rings. The molecule has 3 heterocycles. The third-order valence-electron chi connectivity index (χ3n) is 8.42. The fourth-order valence-corrected chi connectivity index (χ4v) is 6.28. The van der Waals surface area contributed by atoms with Crippen molar-refractivity contribution < 1.29 is 9.59 Å². The smallest absolute Gasteiger partial charge is 0.254 e. The fourth-order valence-electron chi connectivity index (χ4n) is 6.28. The number of piperidine rings is 1. The minimum Gasteiger partial charge on any atom is -0.368 e. The highest BCUT2D eigenvalue weighted by molar-refractivity contribution is 5.98. The quantitative estimate of drug-likeness (QED) is 0.527. The number of primary amides is 1. The predicted molar refractivity (Wildman–Crippen MR) is 154 cm³/mol. The molecule has 2 aromatic carbocycles. The van der Waals surface area contributed by atoms with E-state index < -0.39 is 11.9 Å². The number of aromatic nitrogens is 2. The van der Waals surface area contributed by atoms with Crippen LogP contribution in [0.25, 0.3) is 0 Å². The van der Waals surface area contributed by atoms with Gasteiger partial charge in [0.25, 0.3) is 5.91 Å². The Hall–Kier alpha value is -3.94. The van der Waals surface area contributed by atoms with Crippen LogP contribution in [0.5, 0.6) is 0 Å². The second kappa shape index (κ2) is 11.4. The van der Waals surface area contributed by atoms with Crippen molar-refractivity contribution in [1.29, 1.82) is 0 Å². The number of carbonyl (C=O) groups excluding carboxylic acids is 2. The lowest BCUT2D eigenvalue weighted by atomic mass is 9.84. The highest BCUT2D eigenvalue weighted by Crippen LogP contribution is 2.31. The maximum absolute atomic E-state index is 13.9. The second-order valence-electron chi connectivity index (χ2n) is 10.9. The van der Waals surface area contributed by atoms with Gasteiger partial charge in [0.05, 0.1) is 6.54 Å². The highest BCUT2D eigenvalue weighted by atomic mass is 16.2. The summed E-state index contributed by atoms with van der Waals surface area (Å²) in [5.41, 5.74) is 12.1. The summed E-state index contributed by atoms with van der Waals surface area (Å²) in [6.45, 7) is 9.56. The van der Waals surface area contributed by atoms with Gasteiger partial charge in [0, 0.05) is 43.6 Å². The Bertz CT molecular complexity index is 1320. The van der Waals surface area contributed by atoms with Crippen LogP contribution in [0.4, 0.5) is 11.5 Å². The molecule has 204 valence electrons. The van der Waals surface area contributed by atoms with Crippen molar-refractivity contribution in [2.75, 3.05) is 42.5 Å². The molecule has 0 bridgehead atoms. The Morgan fingerprint density at radius 2 is 1.69 bits per heavy atom. The van der Waals surface area contributed by atoms with E-state index in [0.29, 0.717) is 19.0 Å². The lowest BCUT2D eigenvalue weighted by Gasteiger charge is -2.41. The Balaban J connectivity index is 1.32. The molecule has 3 aromatic rings. The molecule has 0 saturated carbocycles. The van der Waals surface area contributed by atoms with E-state index in [0.717, 1.165) is 60.5 Å². The van der Waals surface area contributed by atoms with Crippen LogP contribution < -0.4 is 15.5 Å². The van der Waals surface area contributed by atoms with Crippen molar-refractivity contribution in [3.05, 3.63) is 82.5 Å². The molecular weight excluding hydrogens is 488 g/mol. The number of para-hydroxylation sites is 1. The largest absolute Gasteiger partial charge is 0.368 e. The average molecular weight is 527 g/mol. The summed E-state index contributed by atoms with van der Waals surface area (Å²) < 4.78 is 0. The molecule has 0 radical (unpaired) electrons. The number of amides is 2. The number of rotatable bonds is 6. The summed E-state index contributed by atoms with van der Waals surface area (Å²) >= 11 is 0. The monoisotopic (exact) mass is 526 g/mol. The summed E-state index contributed by atoms with van der Waals surface area (Å²) in [6, 6.07) is 15.3. The van der Waals surface area contributed by atoms with Crippen LogP contribution in [0.15, 0.2) is 54.7 Å². The molecule has 2 N–H and O–H groups in total. The highest BCUT2D eigenvalue weighted by Gasteiger charge is 2.35. The molecule has 2 saturated heterocycles. The summed E-state index contributed by atoms with van der Waals surface area (Å²) in [6.07, 6.45) is 4.82. The van der Waals surface area contributed by atoms with Crippen molar-refractivity contribution in [2.24, 2.45) is 11.7 Å². The first-order valence-electron chi connectivity index (χ1n) is 13.9. The molecule has 1 atom stereocenters. The molecule has 0 aliphatic carbocycles. The van der Waals surface area contributed by atoms with Crippen LogP contribution in [0.3, 0.4) is 0 Å². The van der Waals surface area contributed by atoms with Gasteiger partial charge in [-0.1, -0.05) is 24.3 Å². The van der Waals surface area contributed by atoms with Crippen molar-refractivity contribution in [1.82, 2.24) is 15.1 Å². The van der Waals surface area contributed by atoms with E-state index in [1.54, 1.807) is 6.20 Å². The van der Waals surface area contributed by atoms with Crippen molar-refractivity contribution in [2.45, 2.75) is 46.1 Å².